The van der Waals surface area contributed by atoms with Crippen molar-refractivity contribution >= 4 is 11.6 Å². The number of nitrogens with one attached hydrogen (secondary N) is 1. The Morgan fingerprint density at radius 2 is 2.24 bits per heavy atom. The van der Waals surface area contributed by atoms with E-state index in [1.54, 1.807) is 12.1 Å². The van der Waals surface area contributed by atoms with E-state index in [9.17, 15) is 5.11 Å². The van der Waals surface area contributed by atoms with E-state index in [0.29, 0.717) is 17.3 Å². The van der Waals surface area contributed by atoms with Crippen molar-refractivity contribution in [2.75, 3.05) is 19.8 Å². The molecule has 0 fully saturated rings. The summed E-state index contributed by atoms with van der Waals surface area (Å²) in [5, 5.41) is 21.8. The summed E-state index contributed by atoms with van der Waals surface area (Å²) in [7, 11) is 0. The maximum Gasteiger partial charge on any atom is 0.124 e. The standard InChI is InChI=1S/C12H18ClNO3/c1-2-14-6-9-5-10(13)3-4-12(9)17-8-11(16)7-15/h3-5,11,14-16H,2,6-8H2,1H3. The summed E-state index contributed by atoms with van der Waals surface area (Å²) in [5.41, 5.74) is 0.935. The molecule has 3 N–H and O–H groups in total. The zero-order valence-corrected chi connectivity index (χ0v) is 10.6. The van der Waals surface area contributed by atoms with Crippen LogP contribution >= 0.6 is 11.6 Å². The first-order valence-corrected chi connectivity index (χ1v) is 5.96. The Morgan fingerprint density at radius 1 is 1.47 bits per heavy atom. The second kappa shape index (κ2) is 7.50. The van der Waals surface area contributed by atoms with E-state index >= 15 is 0 Å². The first-order chi connectivity index (χ1) is 8.17. The fraction of sp³-hybridized carbons (Fsp3) is 0.500. The lowest BCUT2D eigenvalue weighted by Gasteiger charge is -2.14. The molecule has 0 saturated heterocycles. The highest BCUT2D eigenvalue weighted by Gasteiger charge is 2.07. The van der Waals surface area contributed by atoms with Crippen LogP contribution in [0.5, 0.6) is 5.75 Å². The number of rotatable bonds is 7. The maximum atomic E-state index is 9.22. The van der Waals surface area contributed by atoms with E-state index in [1.807, 2.05) is 13.0 Å². The van der Waals surface area contributed by atoms with Crippen molar-refractivity contribution in [1.29, 1.82) is 0 Å². The molecule has 1 aromatic rings. The van der Waals surface area contributed by atoms with Gasteiger partial charge in [-0.25, -0.2) is 0 Å². The summed E-state index contributed by atoms with van der Waals surface area (Å²) < 4.78 is 5.43. The highest BCUT2D eigenvalue weighted by molar-refractivity contribution is 6.30. The molecule has 0 amide bonds. The summed E-state index contributed by atoms with van der Waals surface area (Å²) in [6, 6.07) is 5.32. The Labute approximate surface area is 106 Å². The number of ether oxygens (including phenoxy) is 1. The normalized spacial score (nSPS) is 12.5. The molecule has 0 spiro atoms. The predicted molar refractivity (Wildman–Crippen MR) is 67.4 cm³/mol. The Balaban J connectivity index is 2.68. The average Bonchev–Trinajstić information content (AvgIpc) is 2.34. The van der Waals surface area contributed by atoms with Gasteiger partial charge in [0, 0.05) is 17.1 Å². The van der Waals surface area contributed by atoms with Crippen molar-refractivity contribution in [2.24, 2.45) is 0 Å². The van der Waals surface area contributed by atoms with Gasteiger partial charge in [0.1, 0.15) is 18.5 Å². The molecule has 0 radical (unpaired) electrons. The van der Waals surface area contributed by atoms with Gasteiger partial charge in [-0.15, -0.1) is 0 Å². The molecule has 0 aliphatic carbocycles. The molecule has 0 heterocycles. The van der Waals surface area contributed by atoms with Gasteiger partial charge >= 0.3 is 0 Å². The maximum absolute atomic E-state index is 9.22. The van der Waals surface area contributed by atoms with Crippen molar-refractivity contribution in [1.82, 2.24) is 5.32 Å². The summed E-state index contributed by atoms with van der Waals surface area (Å²) in [4.78, 5) is 0. The van der Waals surface area contributed by atoms with Gasteiger partial charge in [-0.3, -0.25) is 0 Å². The van der Waals surface area contributed by atoms with Crippen molar-refractivity contribution in [3.63, 3.8) is 0 Å². The van der Waals surface area contributed by atoms with E-state index in [2.05, 4.69) is 5.32 Å². The SMILES string of the molecule is CCNCc1cc(Cl)ccc1OCC(O)CO. The zero-order chi connectivity index (χ0) is 12.7. The van der Waals surface area contributed by atoms with E-state index in [1.165, 1.54) is 0 Å². The molecular formula is C12H18ClNO3. The summed E-state index contributed by atoms with van der Waals surface area (Å²) in [6.45, 7) is 3.28. The molecule has 0 saturated carbocycles. The molecule has 0 aromatic heterocycles. The summed E-state index contributed by atoms with van der Waals surface area (Å²) >= 11 is 5.91. The minimum Gasteiger partial charge on any atom is -0.490 e. The lowest BCUT2D eigenvalue weighted by Crippen LogP contribution is -2.22. The Bertz CT molecular complexity index is 347. The highest BCUT2D eigenvalue weighted by Crippen LogP contribution is 2.23. The van der Waals surface area contributed by atoms with Crippen molar-refractivity contribution in [2.45, 2.75) is 19.6 Å². The smallest absolute Gasteiger partial charge is 0.124 e. The third-order valence-corrected chi connectivity index (χ3v) is 2.47. The molecule has 5 heteroatoms. The molecule has 96 valence electrons. The summed E-state index contributed by atoms with van der Waals surface area (Å²) in [5.74, 6) is 0.669. The van der Waals surface area contributed by atoms with Gasteiger partial charge < -0.3 is 20.3 Å². The minimum atomic E-state index is -0.863. The van der Waals surface area contributed by atoms with Crippen LogP contribution in [0.4, 0.5) is 0 Å². The van der Waals surface area contributed by atoms with Crippen LogP contribution in [0.15, 0.2) is 18.2 Å². The van der Waals surface area contributed by atoms with Gasteiger partial charge in [0.2, 0.25) is 0 Å². The van der Waals surface area contributed by atoms with Crippen LogP contribution in [0, 0.1) is 0 Å². The Hall–Kier alpha value is -0.810. The molecule has 4 nitrogen and oxygen atoms in total. The third-order valence-electron chi connectivity index (χ3n) is 2.23. The average molecular weight is 260 g/mol. The number of hydrogen-bond acceptors (Lipinski definition) is 4. The number of aliphatic hydroxyl groups excluding tert-OH is 2. The largest absolute Gasteiger partial charge is 0.490 e. The van der Waals surface area contributed by atoms with Gasteiger partial charge in [-0.2, -0.15) is 0 Å². The van der Waals surface area contributed by atoms with Crippen LogP contribution in [-0.2, 0) is 6.54 Å². The molecule has 1 atom stereocenters. The zero-order valence-electron chi connectivity index (χ0n) is 9.82. The van der Waals surface area contributed by atoms with Crippen molar-refractivity contribution in [3.05, 3.63) is 28.8 Å². The molecule has 17 heavy (non-hydrogen) atoms. The Morgan fingerprint density at radius 3 is 2.88 bits per heavy atom. The van der Waals surface area contributed by atoms with Crippen molar-refractivity contribution in [3.8, 4) is 5.75 Å². The summed E-state index contributed by atoms with van der Waals surface area (Å²) in [6.07, 6.45) is -0.863. The van der Waals surface area contributed by atoms with E-state index in [-0.39, 0.29) is 13.2 Å². The lowest BCUT2D eigenvalue weighted by molar-refractivity contribution is 0.0533. The number of halogens is 1. The molecule has 1 rings (SSSR count). The molecule has 0 bridgehead atoms. The van der Waals surface area contributed by atoms with E-state index < -0.39 is 6.10 Å². The molecule has 1 unspecified atom stereocenters. The quantitative estimate of drug-likeness (QED) is 0.688. The second-order valence-corrected chi connectivity index (χ2v) is 4.12. The Kier molecular flexibility index (Phi) is 6.29. The van der Waals surface area contributed by atoms with Gasteiger partial charge in [0.05, 0.1) is 6.61 Å². The van der Waals surface area contributed by atoms with Gasteiger partial charge in [0.15, 0.2) is 0 Å². The molecular weight excluding hydrogens is 242 g/mol. The van der Waals surface area contributed by atoms with Crippen LogP contribution in [-0.4, -0.2) is 36.1 Å². The third kappa shape index (κ3) is 4.91. The highest BCUT2D eigenvalue weighted by atomic mass is 35.5. The van der Waals surface area contributed by atoms with Gasteiger partial charge in [-0.1, -0.05) is 18.5 Å². The number of benzene rings is 1. The predicted octanol–water partition coefficient (Wildman–Crippen LogP) is 1.18. The molecule has 0 aliphatic rings. The first kappa shape index (κ1) is 14.3. The first-order valence-electron chi connectivity index (χ1n) is 5.58. The van der Waals surface area contributed by atoms with Crippen LogP contribution in [0.1, 0.15) is 12.5 Å². The van der Waals surface area contributed by atoms with E-state index in [4.69, 9.17) is 21.4 Å². The minimum absolute atomic E-state index is 0.0667. The van der Waals surface area contributed by atoms with Crippen LogP contribution < -0.4 is 10.1 Å². The number of aliphatic hydroxyl groups is 2. The fourth-order valence-electron chi connectivity index (χ4n) is 1.33. The monoisotopic (exact) mass is 259 g/mol. The topological polar surface area (TPSA) is 61.7 Å². The second-order valence-electron chi connectivity index (χ2n) is 3.68. The lowest BCUT2D eigenvalue weighted by atomic mass is 10.2. The van der Waals surface area contributed by atoms with Gasteiger partial charge in [0.25, 0.3) is 0 Å². The fourth-order valence-corrected chi connectivity index (χ4v) is 1.52. The van der Waals surface area contributed by atoms with Crippen LogP contribution in [0.3, 0.4) is 0 Å². The van der Waals surface area contributed by atoms with Crippen LogP contribution in [0.2, 0.25) is 5.02 Å². The van der Waals surface area contributed by atoms with Crippen molar-refractivity contribution < 1.29 is 14.9 Å². The number of hydrogen-bond donors (Lipinski definition) is 3. The van der Waals surface area contributed by atoms with E-state index in [0.717, 1.165) is 12.1 Å². The van der Waals surface area contributed by atoms with Gasteiger partial charge in [-0.05, 0) is 24.7 Å². The molecule has 1 aromatic carbocycles. The van der Waals surface area contributed by atoms with Crippen LogP contribution in [0.25, 0.3) is 0 Å². The molecule has 0 aliphatic heterocycles.